The second-order valence-corrected chi connectivity index (χ2v) is 8.52. The fourth-order valence-corrected chi connectivity index (χ4v) is 4.98. The van der Waals surface area contributed by atoms with Gasteiger partial charge < -0.3 is 5.73 Å². The zero-order valence-electron chi connectivity index (χ0n) is 14.1. The van der Waals surface area contributed by atoms with Gasteiger partial charge in [-0.15, -0.1) is 0 Å². The van der Waals surface area contributed by atoms with Crippen LogP contribution >= 0.6 is 0 Å². The molecule has 24 heavy (non-hydrogen) atoms. The predicted octanol–water partition coefficient (Wildman–Crippen LogP) is 2.67. The van der Waals surface area contributed by atoms with Crippen LogP contribution in [0.1, 0.15) is 22.6 Å². The van der Waals surface area contributed by atoms with Crippen molar-refractivity contribution in [3.05, 3.63) is 65.2 Å². The molecule has 3 rings (SSSR count). The van der Waals surface area contributed by atoms with Crippen LogP contribution in [0.4, 0.5) is 0 Å². The summed E-state index contributed by atoms with van der Waals surface area (Å²) >= 11 is 0. The fraction of sp³-hybridized carbons (Fsp3) is 0.368. The first kappa shape index (κ1) is 17.1. The van der Waals surface area contributed by atoms with Crippen molar-refractivity contribution in [1.82, 2.24) is 4.31 Å². The molecule has 2 aromatic rings. The minimum Gasteiger partial charge on any atom is -0.330 e. The Balaban J connectivity index is 1.91. The number of nitrogens with two attached hydrogens (primary N) is 1. The van der Waals surface area contributed by atoms with Crippen LogP contribution in [0, 0.1) is 19.8 Å². The molecule has 0 spiro atoms. The van der Waals surface area contributed by atoms with E-state index in [1.807, 2.05) is 38.1 Å². The maximum Gasteiger partial charge on any atom is 0.243 e. The molecule has 0 bridgehead atoms. The molecule has 0 aliphatic carbocycles. The highest BCUT2D eigenvalue weighted by Crippen LogP contribution is 2.35. The number of benzene rings is 2. The molecule has 4 nitrogen and oxygen atoms in total. The van der Waals surface area contributed by atoms with Crippen LogP contribution in [0.2, 0.25) is 0 Å². The predicted molar refractivity (Wildman–Crippen MR) is 96.4 cm³/mol. The second-order valence-electron chi connectivity index (χ2n) is 6.58. The molecule has 0 unspecified atom stereocenters. The van der Waals surface area contributed by atoms with Gasteiger partial charge in [-0.25, -0.2) is 8.42 Å². The van der Waals surface area contributed by atoms with Crippen molar-refractivity contribution < 1.29 is 8.42 Å². The molecule has 2 N–H and O–H groups in total. The largest absolute Gasteiger partial charge is 0.330 e. The third-order valence-electron chi connectivity index (χ3n) is 5.05. The van der Waals surface area contributed by atoms with Crippen LogP contribution in [-0.2, 0) is 10.0 Å². The fourth-order valence-electron chi connectivity index (χ4n) is 3.37. The summed E-state index contributed by atoms with van der Waals surface area (Å²) in [6.07, 6.45) is 0. The van der Waals surface area contributed by atoms with Gasteiger partial charge in [-0.2, -0.15) is 4.31 Å². The molecular formula is C19H24N2O2S. The van der Waals surface area contributed by atoms with Crippen molar-refractivity contribution in [2.75, 3.05) is 19.6 Å². The Kier molecular flexibility index (Phi) is 4.76. The van der Waals surface area contributed by atoms with E-state index in [2.05, 4.69) is 12.1 Å². The normalized spacial score (nSPS) is 22.0. The van der Waals surface area contributed by atoms with Gasteiger partial charge in [0.15, 0.2) is 0 Å². The summed E-state index contributed by atoms with van der Waals surface area (Å²) < 4.78 is 27.6. The molecule has 0 radical (unpaired) electrons. The first-order chi connectivity index (χ1) is 11.4. The van der Waals surface area contributed by atoms with E-state index in [1.54, 1.807) is 16.4 Å². The van der Waals surface area contributed by atoms with Gasteiger partial charge in [0, 0.05) is 19.0 Å². The third-order valence-corrected chi connectivity index (χ3v) is 6.88. The minimum absolute atomic E-state index is 0.147. The van der Waals surface area contributed by atoms with Crippen molar-refractivity contribution in [2.45, 2.75) is 24.7 Å². The number of nitrogens with zero attached hydrogens (tertiary/aromatic N) is 1. The quantitative estimate of drug-likeness (QED) is 0.927. The zero-order chi connectivity index (χ0) is 17.3. The summed E-state index contributed by atoms with van der Waals surface area (Å²) in [5.74, 6) is 0.297. The lowest BCUT2D eigenvalue weighted by atomic mass is 9.89. The van der Waals surface area contributed by atoms with E-state index in [-0.39, 0.29) is 11.8 Å². The van der Waals surface area contributed by atoms with Crippen molar-refractivity contribution in [1.29, 1.82) is 0 Å². The first-order valence-corrected chi connectivity index (χ1v) is 9.70. The average molecular weight is 344 g/mol. The number of rotatable bonds is 4. The number of hydrogen-bond acceptors (Lipinski definition) is 3. The molecule has 0 aromatic heterocycles. The summed E-state index contributed by atoms with van der Waals surface area (Å²) in [6, 6.07) is 15.4. The van der Waals surface area contributed by atoms with E-state index in [0.717, 1.165) is 16.7 Å². The summed E-state index contributed by atoms with van der Waals surface area (Å²) in [5, 5.41) is 0. The van der Waals surface area contributed by atoms with E-state index in [1.165, 1.54) is 0 Å². The van der Waals surface area contributed by atoms with Crippen molar-refractivity contribution in [3.63, 3.8) is 0 Å². The second kappa shape index (κ2) is 6.67. The molecular weight excluding hydrogens is 320 g/mol. The smallest absolute Gasteiger partial charge is 0.243 e. The van der Waals surface area contributed by atoms with E-state index in [9.17, 15) is 8.42 Å². The van der Waals surface area contributed by atoms with E-state index >= 15 is 0 Å². The molecule has 1 fully saturated rings. The maximum atomic E-state index is 13.0. The molecule has 0 saturated carbocycles. The van der Waals surface area contributed by atoms with Gasteiger partial charge in [0.2, 0.25) is 10.0 Å². The highest BCUT2D eigenvalue weighted by Gasteiger charge is 2.39. The highest BCUT2D eigenvalue weighted by atomic mass is 32.2. The van der Waals surface area contributed by atoms with Crippen LogP contribution in [0.15, 0.2) is 53.4 Å². The number of hydrogen-bond donors (Lipinski definition) is 1. The molecule has 5 heteroatoms. The molecule has 2 aromatic carbocycles. The summed E-state index contributed by atoms with van der Waals surface area (Å²) in [6.45, 7) is 5.37. The zero-order valence-corrected chi connectivity index (χ0v) is 15.0. The molecule has 1 aliphatic rings. The van der Waals surface area contributed by atoms with Crippen LogP contribution in [-0.4, -0.2) is 32.4 Å². The van der Waals surface area contributed by atoms with E-state index in [4.69, 9.17) is 5.73 Å². The van der Waals surface area contributed by atoms with Gasteiger partial charge >= 0.3 is 0 Å². The Hall–Kier alpha value is -1.69. The Labute approximate surface area is 144 Å². The molecule has 1 saturated heterocycles. The van der Waals surface area contributed by atoms with Crippen LogP contribution in [0.25, 0.3) is 0 Å². The highest BCUT2D eigenvalue weighted by molar-refractivity contribution is 7.89. The van der Waals surface area contributed by atoms with Gasteiger partial charge in [0.05, 0.1) is 4.90 Å². The monoisotopic (exact) mass is 344 g/mol. The third kappa shape index (κ3) is 3.11. The molecule has 1 heterocycles. The number of sulfonamides is 1. The SMILES string of the molecule is Cc1ccc(S(=O)(=O)N2C[C@@H](CN)[C@H](c3ccccc3)C2)cc1C. The van der Waals surface area contributed by atoms with Gasteiger partial charge in [-0.05, 0) is 55.1 Å². The van der Waals surface area contributed by atoms with Gasteiger partial charge in [-0.3, -0.25) is 0 Å². The topological polar surface area (TPSA) is 63.4 Å². The molecule has 128 valence electrons. The van der Waals surface area contributed by atoms with Gasteiger partial charge in [0.1, 0.15) is 0 Å². The maximum absolute atomic E-state index is 13.0. The summed E-state index contributed by atoms with van der Waals surface area (Å²) in [4.78, 5) is 0.370. The Morgan fingerprint density at radius 2 is 1.75 bits per heavy atom. The van der Waals surface area contributed by atoms with Gasteiger partial charge in [0.25, 0.3) is 0 Å². The lowest BCUT2D eigenvalue weighted by Crippen LogP contribution is -2.30. The number of aryl methyl sites for hydroxylation is 2. The molecule has 2 atom stereocenters. The van der Waals surface area contributed by atoms with Crippen LogP contribution in [0.5, 0.6) is 0 Å². The van der Waals surface area contributed by atoms with Crippen LogP contribution < -0.4 is 5.73 Å². The Bertz CT molecular complexity index is 819. The van der Waals surface area contributed by atoms with Crippen molar-refractivity contribution in [3.8, 4) is 0 Å². The van der Waals surface area contributed by atoms with E-state index in [0.29, 0.717) is 24.5 Å². The van der Waals surface area contributed by atoms with Crippen molar-refractivity contribution >= 4 is 10.0 Å². The first-order valence-electron chi connectivity index (χ1n) is 8.26. The van der Waals surface area contributed by atoms with E-state index < -0.39 is 10.0 Å². The summed E-state index contributed by atoms with van der Waals surface area (Å²) in [7, 11) is -3.48. The average Bonchev–Trinajstić information content (AvgIpc) is 3.03. The van der Waals surface area contributed by atoms with Crippen molar-refractivity contribution in [2.24, 2.45) is 11.7 Å². The lowest BCUT2D eigenvalue weighted by Gasteiger charge is -2.17. The Morgan fingerprint density at radius 3 is 2.38 bits per heavy atom. The van der Waals surface area contributed by atoms with Gasteiger partial charge in [-0.1, -0.05) is 36.4 Å². The minimum atomic E-state index is -3.48. The Morgan fingerprint density at radius 1 is 1.04 bits per heavy atom. The molecule has 1 aliphatic heterocycles. The summed E-state index contributed by atoms with van der Waals surface area (Å²) in [5.41, 5.74) is 9.17. The lowest BCUT2D eigenvalue weighted by molar-refractivity contribution is 0.459. The standard InChI is InChI=1S/C19H24N2O2S/c1-14-8-9-18(10-15(14)2)24(22,23)21-12-17(11-20)19(13-21)16-6-4-3-5-7-16/h3-10,17,19H,11-13,20H2,1-2H3/t17-,19+/m1/s1. The van der Waals surface area contributed by atoms with Crippen LogP contribution in [0.3, 0.4) is 0 Å². The molecule has 0 amide bonds.